The zero-order valence-corrected chi connectivity index (χ0v) is 12.4. The largest absolute Gasteiger partial charge is 0.418 e. The SMILES string of the molecule is CC(Nc1cnn(CC(F)F)c1)c1nnc(-c2ccccc2)o1. The molecule has 6 nitrogen and oxygen atoms in total. The molecular formula is C15H15F2N5O. The molecule has 0 saturated heterocycles. The van der Waals surface area contributed by atoms with Crippen molar-refractivity contribution in [1.82, 2.24) is 20.0 Å². The second kappa shape index (κ2) is 6.55. The third-order valence-electron chi connectivity index (χ3n) is 3.17. The van der Waals surface area contributed by atoms with Crippen molar-refractivity contribution in [2.24, 2.45) is 0 Å². The van der Waals surface area contributed by atoms with E-state index < -0.39 is 13.0 Å². The molecule has 3 rings (SSSR count). The molecule has 1 atom stereocenters. The molecule has 1 N–H and O–H groups in total. The Morgan fingerprint density at radius 2 is 2.00 bits per heavy atom. The fourth-order valence-corrected chi connectivity index (χ4v) is 2.10. The Balaban J connectivity index is 1.68. The minimum absolute atomic E-state index is 0.274. The number of rotatable bonds is 6. The van der Waals surface area contributed by atoms with E-state index in [-0.39, 0.29) is 6.04 Å². The van der Waals surface area contributed by atoms with E-state index in [4.69, 9.17) is 4.42 Å². The van der Waals surface area contributed by atoms with Gasteiger partial charge in [-0.2, -0.15) is 5.10 Å². The first-order chi connectivity index (χ1) is 11.1. The molecule has 0 fully saturated rings. The molecular weight excluding hydrogens is 304 g/mol. The van der Waals surface area contributed by atoms with Gasteiger partial charge in [0.2, 0.25) is 11.8 Å². The molecule has 1 aromatic carbocycles. The lowest BCUT2D eigenvalue weighted by Crippen LogP contribution is -2.08. The van der Waals surface area contributed by atoms with Crippen LogP contribution in [-0.2, 0) is 6.54 Å². The molecule has 0 aliphatic carbocycles. The topological polar surface area (TPSA) is 68.8 Å². The van der Waals surface area contributed by atoms with Gasteiger partial charge in [0.1, 0.15) is 12.6 Å². The Bertz CT molecular complexity index is 756. The van der Waals surface area contributed by atoms with Crippen molar-refractivity contribution >= 4 is 5.69 Å². The van der Waals surface area contributed by atoms with Crippen molar-refractivity contribution in [2.45, 2.75) is 25.9 Å². The van der Waals surface area contributed by atoms with E-state index in [0.29, 0.717) is 17.5 Å². The van der Waals surface area contributed by atoms with Crippen LogP contribution in [0.5, 0.6) is 0 Å². The van der Waals surface area contributed by atoms with Gasteiger partial charge in [-0.15, -0.1) is 10.2 Å². The number of alkyl halides is 2. The summed E-state index contributed by atoms with van der Waals surface area (Å²) in [6.07, 6.45) is 0.550. The quantitative estimate of drug-likeness (QED) is 0.754. The number of hydrogen-bond donors (Lipinski definition) is 1. The number of hydrogen-bond acceptors (Lipinski definition) is 5. The van der Waals surface area contributed by atoms with E-state index in [1.54, 1.807) is 0 Å². The van der Waals surface area contributed by atoms with Gasteiger partial charge in [0, 0.05) is 11.8 Å². The average molecular weight is 319 g/mol. The molecule has 0 aliphatic heterocycles. The monoisotopic (exact) mass is 319 g/mol. The fraction of sp³-hybridized carbons (Fsp3) is 0.267. The van der Waals surface area contributed by atoms with Crippen LogP contribution in [0.1, 0.15) is 18.9 Å². The molecule has 3 aromatic rings. The molecule has 2 aromatic heterocycles. The van der Waals surface area contributed by atoms with E-state index in [9.17, 15) is 8.78 Å². The summed E-state index contributed by atoms with van der Waals surface area (Å²) in [5.74, 6) is 0.841. The highest BCUT2D eigenvalue weighted by Gasteiger charge is 2.15. The molecule has 0 aliphatic rings. The lowest BCUT2D eigenvalue weighted by molar-refractivity contribution is 0.122. The van der Waals surface area contributed by atoms with Crippen LogP contribution in [0, 0.1) is 0 Å². The van der Waals surface area contributed by atoms with E-state index in [1.807, 2.05) is 37.3 Å². The molecule has 0 amide bonds. The maximum absolute atomic E-state index is 12.3. The maximum Gasteiger partial charge on any atom is 0.257 e. The molecule has 2 heterocycles. The van der Waals surface area contributed by atoms with Crippen LogP contribution >= 0.6 is 0 Å². The minimum Gasteiger partial charge on any atom is -0.418 e. The van der Waals surface area contributed by atoms with Crippen molar-refractivity contribution in [2.75, 3.05) is 5.32 Å². The second-order valence-electron chi connectivity index (χ2n) is 5.02. The molecule has 1 unspecified atom stereocenters. The first-order valence-electron chi connectivity index (χ1n) is 7.08. The van der Waals surface area contributed by atoms with Crippen LogP contribution in [-0.4, -0.2) is 26.4 Å². The zero-order valence-electron chi connectivity index (χ0n) is 12.4. The van der Waals surface area contributed by atoms with Crippen molar-refractivity contribution in [3.63, 3.8) is 0 Å². The molecule has 0 spiro atoms. The summed E-state index contributed by atoms with van der Waals surface area (Å²) in [5, 5.41) is 15.0. The van der Waals surface area contributed by atoms with Crippen molar-refractivity contribution < 1.29 is 13.2 Å². The molecule has 0 saturated carbocycles. The van der Waals surface area contributed by atoms with Crippen LogP contribution in [0.4, 0.5) is 14.5 Å². The molecule has 0 radical (unpaired) electrons. The molecule has 120 valence electrons. The van der Waals surface area contributed by atoms with E-state index >= 15 is 0 Å². The van der Waals surface area contributed by atoms with Crippen LogP contribution < -0.4 is 5.32 Å². The van der Waals surface area contributed by atoms with Crippen molar-refractivity contribution in [3.05, 3.63) is 48.6 Å². The van der Waals surface area contributed by atoms with Gasteiger partial charge in [-0.05, 0) is 19.1 Å². The number of halogens is 2. The maximum atomic E-state index is 12.3. The first kappa shape index (κ1) is 15.1. The second-order valence-corrected chi connectivity index (χ2v) is 5.02. The predicted octanol–water partition coefficient (Wildman–Crippen LogP) is 3.37. The summed E-state index contributed by atoms with van der Waals surface area (Å²) in [6.45, 7) is 1.40. The van der Waals surface area contributed by atoms with E-state index in [0.717, 1.165) is 5.56 Å². The molecule has 8 heteroatoms. The van der Waals surface area contributed by atoms with Gasteiger partial charge < -0.3 is 9.73 Å². The highest BCUT2D eigenvalue weighted by Crippen LogP contribution is 2.22. The first-order valence-corrected chi connectivity index (χ1v) is 7.08. The summed E-state index contributed by atoms with van der Waals surface area (Å²) < 4.78 is 31.4. The van der Waals surface area contributed by atoms with Gasteiger partial charge in [0.05, 0.1) is 11.9 Å². The number of nitrogens with one attached hydrogen (secondary N) is 1. The van der Waals surface area contributed by atoms with E-state index in [2.05, 4.69) is 20.6 Å². The smallest absolute Gasteiger partial charge is 0.257 e. The summed E-state index contributed by atoms with van der Waals surface area (Å²) in [5.41, 5.74) is 1.45. The Morgan fingerprint density at radius 1 is 1.22 bits per heavy atom. The summed E-state index contributed by atoms with van der Waals surface area (Å²) in [7, 11) is 0. The van der Waals surface area contributed by atoms with Crippen molar-refractivity contribution in [1.29, 1.82) is 0 Å². The molecule has 23 heavy (non-hydrogen) atoms. The Kier molecular flexibility index (Phi) is 4.31. The lowest BCUT2D eigenvalue weighted by Gasteiger charge is -2.08. The van der Waals surface area contributed by atoms with Gasteiger partial charge in [0.15, 0.2) is 0 Å². The fourth-order valence-electron chi connectivity index (χ4n) is 2.10. The van der Waals surface area contributed by atoms with Crippen LogP contribution in [0.2, 0.25) is 0 Å². The average Bonchev–Trinajstić information content (AvgIpc) is 3.17. The van der Waals surface area contributed by atoms with Crippen molar-refractivity contribution in [3.8, 4) is 11.5 Å². The number of aromatic nitrogens is 4. The summed E-state index contributed by atoms with van der Waals surface area (Å²) in [6, 6.07) is 9.16. The van der Waals surface area contributed by atoms with Crippen LogP contribution in [0.15, 0.2) is 47.1 Å². The number of anilines is 1. The normalized spacial score (nSPS) is 12.5. The van der Waals surface area contributed by atoms with Crippen LogP contribution in [0.25, 0.3) is 11.5 Å². The Labute approximate surface area is 131 Å². The Hall–Kier alpha value is -2.77. The highest BCUT2D eigenvalue weighted by molar-refractivity contribution is 5.52. The van der Waals surface area contributed by atoms with Gasteiger partial charge in [-0.3, -0.25) is 4.68 Å². The third-order valence-corrected chi connectivity index (χ3v) is 3.17. The standard InChI is InChI=1S/C15H15F2N5O/c1-10(19-12-7-18-22(8-12)9-13(16)17)14-20-21-15(23-14)11-5-3-2-4-6-11/h2-8,10,13,19H,9H2,1H3. The Morgan fingerprint density at radius 3 is 2.74 bits per heavy atom. The number of nitrogens with zero attached hydrogens (tertiary/aromatic N) is 4. The van der Waals surface area contributed by atoms with Gasteiger partial charge >= 0.3 is 0 Å². The third kappa shape index (κ3) is 3.71. The van der Waals surface area contributed by atoms with Gasteiger partial charge in [-0.1, -0.05) is 18.2 Å². The predicted molar refractivity (Wildman–Crippen MR) is 80.0 cm³/mol. The van der Waals surface area contributed by atoms with Crippen LogP contribution in [0.3, 0.4) is 0 Å². The number of benzene rings is 1. The van der Waals surface area contributed by atoms with Gasteiger partial charge in [-0.25, -0.2) is 8.78 Å². The minimum atomic E-state index is -2.44. The lowest BCUT2D eigenvalue weighted by atomic mass is 10.2. The highest BCUT2D eigenvalue weighted by atomic mass is 19.3. The summed E-state index contributed by atoms with van der Waals surface area (Å²) in [4.78, 5) is 0. The van der Waals surface area contributed by atoms with Gasteiger partial charge in [0.25, 0.3) is 6.43 Å². The molecule has 0 bridgehead atoms. The zero-order chi connectivity index (χ0) is 16.2. The summed E-state index contributed by atoms with van der Waals surface area (Å²) >= 11 is 0. The van der Waals surface area contributed by atoms with E-state index in [1.165, 1.54) is 17.1 Å².